The van der Waals surface area contributed by atoms with Crippen molar-refractivity contribution in [1.29, 1.82) is 0 Å². The first kappa shape index (κ1) is 22.1. The highest BCUT2D eigenvalue weighted by Crippen LogP contribution is 2.37. The van der Waals surface area contributed by atoms with E-state index in [2.05, 4.69) is 5.32 Å². The fourth-order valence-electron chi connectivity index (χ4n) is 2.90. The Balaban J connectivity index is 2.21. The van der Waals surface area contributed by atoms with Crippen molar-refractivity contribution in [2.45, 2.75) is 85.2 Å². The number of nitrogens with one attached hydrogen (secondary N) is 1. The van der Waals surface area contributed by atoms with Crippen molar-refractivity contribution in [3.05, 3.63) is 28.3 Å². The van der Waals surface area contributed by atoms with Gasteiger partial charge >= 0.3 is 13.2 Å². The minimum atomic E-state index is -0.545. The second kappa shape index (κ2) is 7.30. The molecular formula is C20H31BClNO4. The number of alkyl carbamates (subject to hydrolysis) is 1. The van der Waals surface area contributed by atoms with Gasteiger partial charge in [0, 0.05) is 10.5 Å². The number of ether oxygens (including phenoxy) is 1. The van der Waals surface area contributed by atoms with Crippen LogP contribution in [0, 0.1) is 6.92 Å². The van der Waals surface area contributed by atoms with Crippen molar-refractivity contribution in [2.75, 3.05) is 0 Å². The van der Waals surface area contributed by atoms with Gasteiger partial charge in [0.1, 0.15) is 5.60 Å². The minimum absolute atomic E-state index is 0.246. The highest BCUT2D eigenvalue weighted by atomic mass is 35.5. The zero-order chi connectivity index (χ0) is 20.8. The van der Waals surface area contributed by atoms with E-state index in [4.69, 9.17) is 25.6 Å². The van der Waals surface area contributed by atoms with Gasteiger partial charge in [-0.1, -0.05) is 23.7 Å². The molecule has 1 unspecified atom stereocenters. The van der Waals surface area contributed by atoms with Crippen molar-refractivity contribution in [3.63, 3.8) is 0 Å². The third-order valence-electron chi connectivity index (χ3n) is 5.17. The molecule has 1 aromatic rings. The Hall–Kier alpha value is -1.24. The largest absolute Gasteiger partial charge is 0.496 e. The lowest BCUT2D eigenvalue weighted by Crippen LogP contribution is -2.41. The van der Waals surface area contributed by atoms with Crippen LogP contribution in [0.3, 0.4) is 0 Å². The van der Waals surface area contributed by atoms with E-state index in [0.717, 1.165) is 16.6 Å². The quantitative estimate of drug-likeness (QED) is 0.764. The Morgan fingerprint density at radius 1 is 1.19 bits per heavy atom. The van der Waals surface area contributed by atoms with E-state index >= 15 is 0 Å². The third-order valence-corrected chi connectivity index (χ3v) is 5.67. The Kier molecular flexibility index (Phi) is 5.97. The number of amides is 1. The van der Waals surface area contributed by atoms with E-state index in [0.29, 0.717) is 5.02 Å². The van der Waals surface area contributed by atoms with Crippen LogP contribution in [0.25, 0.3) is 0 Å². The lowest BCUT2D eigenvalue weighted by atomic mass is 9.77. The first-order valence-corrected chi connectivity index (χ1v) is 9.66. The summed E-state index contributed by atoms with van der Waals surface area (Å²) in [5.74, 6) is 0. The van der Waals surface area contributed by atoms with E-state index in [-0.39, 0.29) is 6.04 Å². The van der Waals surface area contributed by atoms with Gasteiger partial charge in [0.25, 0.3) is 0 Å². The molecule has 1 N–H and O–H groups in total. The number of rotatable bonds is 3. The number of carbonyl (C=O) groups is 1. The van der Waals surface area contributed by atoms with Gasteiger partial charge in [-0.15, -0.1) is 0 Å². The molecule has 1 aliphatic rings. The Morgan fingerprint density at radius 2 is 1.70 bits per heavy atom. The molecule has 1 atom stereocenters. The topological polar surface area (TPSA) is 56.8 Å². The Labute approximate surface area is 168 Å². The predicted octanol–water partition coefficient (Wildman–Crippen LogP) is 4.53. The average Bonchev–Trinajstić information content (AvgIpc) is 2.67. The number of hydrogen-bond donors (Lipinski definition) is 1. The molecule has 0 bridgehead atoms. The molecule has 2 rings (SSSR count). The smallest absolute Gasteiger partial charge is 0.444 e. The minimum Gasteiger partial charge on any atom is -0.444 e. The fourth-order valence-corrected chi connectivity index (χ4v) is 3.17. The maximum Gasteiger partial charge on any atom is 0.496 e. The van der Waals surface area contributed by atoms with E-state index in [1.165, 1.54) is 0 Å². The lowest BCUT2D eigenvalue weighted by molar-refractivity contribution is 0.00578. The van der Waals surface area contributed by atoms with Gasteiger partial charge in [-0.05, 0) is 73.4 Å². The third kappa shape index (κ3) is 4.79. The molecule has 7 heteroatoms. The van der Waals surface area contributed by atoms with Gasteiger partial charge in [0.05, 0.1) is 17.2 Å². The predicted molar refractivity (Wildman–Crippen MR) is 110 cm³/mol. The lowest BCUT2D eigenvalue weighted by Gasteiger charge is -2.32. The number of carbonyl (C=O) groups excluding carboxylic acids is 1. The second-order valence-corrected chi connectivity index (χ2v) is 9.52. The highest BCUT2D eigenvalue weighted by Gasteiger charge is 2.52. The monoisotopic (exact) mass is 395 g/mol. The molecule has 0 spiro atoms. The molecular weight excluding hydrogens is 364 g/mol. The molecule has 1 heterocycles. The summed E-state index contributed by atoms with van der Waals surface area (Å²) in [5, 5.41) is 3.44. The number of benzene rings is 1. The first-order valence-electron chi connectivity index (χ1n) is 9.29. The van der Waals surface area contributed by atoms with Gasteiger partial charge in [-0.25, -0.2) is 4.79 Å². The number of halogens is 1. The summed E-state index contributed by atoms with van der Waals surface area (Å²) in [6.45, 7) is 17.4. The summed E-state index contributed by atoms with van der Waals surface area (Å²) in [4.78, 5) is 12.1. The van der Waals surface area contributed by atoms with Gasteiger partial charge < -0.3 is 19.4 Å². The van der Waals surface area contributed by atoms with Crippen LogP contribution in [0.2, 0.25) is 5.02 Å². The summed E-state index contributed by atoms with van der Waals surface area (Å²) in [7, 11) is -0.524. The van der Waals surface area contributed by atoms with Gasteiger partial charge in [-0.2, -0.15) is 0 Å². The van der Waals surface area contributed by atoms with Gasteiger partial charge in [0.15, 0.2) is 0 Å². The summed E-state index contributed by atoms with van der Waals surface area (Å²) in [6.07, 6.45) is -0.458. The van der Waals surface area contributed by atoms with Crippen molar-refractivity contribution < 1.29 is 18.8 Å². The van der Waals surface area contributed by atoms with Crippen LogP contribution in [0.15, 0.2) is 12.1 Å². The SMILES string of the molecule is Cc1c(C(C)NC(=O)OC(C)(C)C)ccc(B2OC(C)(C)C(C)(C)O2)c1Cl. The molecule has 1 amide bonds. The van der Waals surface area contributed by atoms with Crippen molar-refractivity contribution in [2.24, 2.45) is 0 Å². The number of hydrogen-bond acceptors (Lipinski definition) is 4. The molecule has 1 saturated heterocycles. The zero-order valence-electron chi connectivity index (χ0n) is 17.8. The molecule has 150 valence electrons. The summed E-state index contributed by atoms with van der Waals surface area (Å²) in [5.41, 5.74) is 1.19. The zero-order valence-corrected chi connectivity index (χ0v) is 18.6. The fraction of sp³-hybridized carbons (Fsp3) is 0.650. The average molecular weight is 396 g/mol. The van der Waals surface area contributed by atoms with Crippen molar-refractivity contribution >= 4 is 30.3 Å². The highest BCUT2D eigenvalue weighted by molar-refractivity contribution is 6.65. The van der Waals surface area contributed by atoms with Crippen LogP contribution in [-0.2, 0) is 14.0 Å². The summed E-state index contributed by atoms with van der Waals surface area (Å²) >= 11 is 6.65. The normalized spacial score (nSPS) is 19.7. The molecule has 0 aliphatic carbocycles. The van der Waals surface area contributed by atoms with Crippen LogP contribution in [-0.4, -0.2) is 30.0 Å². The summed E-state index contributed by atoms with van der Waals surface area (Å²) in [6, 6.07) is 3.61. The van der Waals surface area contributed by atoms with Gasteiger partial charge in [-0.3, -0.25) is 0 Å². The second-order valence-electron chi connectivity index (χ2n) is 9.14. The Bertz CT molecular complexity index is 711. The molecule has 1 aliphatic heterocycles. The van der Waals surface area contributed by atoms with Crippen LogP contribution in [0.1, 0.15) is 72.6 Å². The van der Waals surface area contributed by atoms with Crippen LogP contribution >= 0.6 is 11.6 Å². The summed E-state index contributed by atoms with van der Waals surface area (Å²) < 4.78 is 17.5. The molecule has 1 aromatic carbocycles. The van der Waals surface area contributed by atoms with Gasteiger partial charge in [0.2, 0.25) is 0 Å². The molecule has 27 heavy (non-hydrogen) atoms. The van der Waals surface area contributed by atoms with Crippen LogP contribution in [0.5, 0.6) is 0 Å². The van der Waals surface area contributed by atoms with E-state index in [9.17, 15) is 4.79 Å². The van der Waals surface area contributed by atoms with Crippen molar-refractivity contribution in [3.8, 4) is 0 Å². The standard InChI is InChI=1S/C20H31BClNO4/c1-12-14(13(2)23-17(24)25-18(3,4)5)10-11-15(16(12)22)21-26-19(6,7)20(8,9)27-21/h10-11,13H,1-9H3,(H,23,24). The maximum absolute atomic E-state index is 12.1. The molecule has 5 nitrogen and oxygen atoms in total. The molecule has 1 fully saturated rings. The maximum atomic E-state index is 12.1. The van der Waals surface area contributed by atoms with E-state index in [1.54, 1.807) is 0 Å². The Morgan fingerprint density at radius 3 is 2.19 bits per heavy atom. The molecule has 0 radical (unpaired) electrons. The first-order chi connectivity index (χ1) is 12.1. The van der Waals surface area contributed by atoms with Crippen molar-refractivity contribution in [1.82, 2.24) is 5.32 Å². The van der Waals surface area contributed by atoms with Crippen LogP contribution < -0.4 is 10.8 Å². The van der Waals surface area contributed by atoms with E-state index in [1.807, 2.05) is 74.4 Å². The molecule has 0 saturated carbocycles. The van der Waals surface area contributed by atoms with E-state index < -0.39 is 30.0 Å². The molecule has 0 aromatic heterocycles. The van der Waals surface area contributed by atoms with Crippen LogP contribution in [0.4, 0.5) is 4.79 Å².